The third-order valence-corrected chi connectivity index (χ3v) is 3.52. The fraction of sp³-hybridized carbons (Fsp3) is 0.538. The molecule has 0 heterocycles. The highest BCUT2D eigenvalue weighted by Gasteiger charge is 2.27. The molecule has 1 fully saturated rings. The summed E-state index contributed by atoms with van der Waals surface area (Å²) >= 11 is 0. The van der Waals surface area contributed by atoms with Crippen molar-refractivity contribution in [3.8, 4) is 5.75 Å². The van der Waals surface area contributed by atoms with Crippen LogP contribution >= 0.6 is 0 Å². The summed E-state index contributed by atoms with van der Waals surface area (Å²) in [6, 6.07) is 6.12. The monoisotopic (exact) mass is 204 g/mol. The van der Waals surface area contributed by atoms with Gasteiger partial charge in [0.15, 0.2) is 0 Å². The molecular weight excluding hydrogens is 188 g/mol. The van der Waals surface area contributed by atoms with Crippen molar-refractivity contribution in [3.05, 3.63) is 29.3 Å². The van der Waals surface area contributed by atoms with Gasteiger partial charge in [-0.15, -0.1) is 0 Å². The number of ether oxygens (including phenoxy) is 1. The predicted octanol–water partition coefficient (Wildman–Crippen LogP) is 2.60. The molecule has 0 amide bonds. The molecule has 0 aliphatic heterocycles. The molecule has 0 bridgehead atoms. The van der Waals surface area contributed by atoms with Crippen LogP contribution < -0.4 is 4.74 Å². The molecule has 1 atom stereocenters. The Hall–Kier alpha value is -1.02. The van der Waals surface area contributed by atoms with Crippen molar-refractivity contribution in [2.75, 3.05) is 0 Å². The number of fused-ring (bicyclic) bond motifs is 1. The summed E-state index contributed by atoms with van der Waals surface area (Å²) in [6.45, 7) is 0. The van der Waals surface area contributed by atoms with Gasteiger partial charge in [0, 0.05) is 5.56 Å². The summed E-state index contributed by atoms with van der Waals surface area (Å²) in [6.07, 6.45) is 5.53. The van der Waals surface area contributed by atoms with Crippen molar-refractivity contribution in [1.82, 2.24) is 0 Å². The summed E-state index contributed by atoms with van der Waals surface area (Å²) in [5.74, 6) is 0.919. The number of aliphatic hydroxyl groups excluding tert-OH is 1. The molecule has 0 aromatic heterocycles. The average Bonchev–Trinajstić information content (AvgIpc) is 2.55. The van der Waals surface area contributed by atoms with Gasteiger partial charge in [-0.2, -0.15) is 0 Å². The van der Waals surface area contributed by atoms with Gasteiger partial charge < -0.3 is 9.84 Å². The van der Waals surface area contributed by atoms with E-state index in [4.69, 9.17) is 4.74 Å². The van der Waals surface area contributed by atoms with Gasteiger partial charge in [0.2, 0.25) is 0 Å². The smallest absolute Gasteiger partial charge is 0.125 e. The van der Waals surface area contributed by atoms with Crippen LogP contribution in [0, 0.1) is 0 Å². The lowest BCUT2D eigenvalue weighted by Crippen LogP contribution is -2.25. The third kappa shape index (κ3) is 1.53. The number of rotatable bonds is 2. The Bertz CT molecular complexity index is 369. The van der Waals surface area contributed by atoms with Gasteiger partial charge in [0.1, 0.15) is 5.75 Å². The molecule has 0 radical (unpaired) electrons. The van der Waals surface area contributed by atoms with E-state index in [1.807, 2.05) is 12.1 Å². The minimum Gasteiger partial charge on any atom is -0.490 e. The standard InChI is InChI=1S/C13H16O2/c14-11-8-7-9-3-1-6-12(13(9)11)15-10-4-2-5-10/h1,3,6,10-11,14H,2,4-5,7-8H2. The first-order valence-electron chi connectivity index (χ1n) is 5.81. The molecule has 2 aliphatic carbocycles. The van der Waals surface area contributed by atoms with Gasteiger partial charge in [0.25, 0.3) is 0 Å². The molecule has 3 rings (SSSR count). The maximum Gasteiger partial charge on any atom is 0.125 e. The quantitative estimate of drug-likeness (QED) is 0.802. The molecule has 1 aromatic rings. The van der Waals surface area contributed by atoms with Crippen LogP contribution in [-0.2, 0) is 6.42 Å². The Morgan fingerprint density at radius 2 is 2.07 bits per heavy atom. The molecule has 1 N–H and O–H groups in total. The fourth-order valence-electron chi connectivity index (χ4n) is 2.39. The maximum atomic E-state index is 9.89. The average molecular weight is 204 g/mol. The fourth-order valence-corrected chi connectivity index (χ4v) is 2.39. The van der Waals surface area contributed by atoms with Gasteiger partial charge in [-0.25, -0.2) is 0 Å². The van der Waals surface area contributed by atoms with Crippen LogP contribution in [0.3, 0.4) is 0 Å². The Kier molecular flexibility index (Phi) is 2.17. The van der Waals surface area contributed by atoms with Crippen LogP contribution in [0.1, 0.15) is 42.9 Å². The van der Waals surface area contributed by atoms with Crippen molar-refractivity contribution >= 4 is 0 Å². The molecule has 80 valence electrons. The molecule has 15 heavy (non-hydrogen) atoms. The van der Waals surface area contributed by atoms with Crippen molar-refractivity contribution in [2.45, 2.75) is 44.3 Å². The first-order valence-corrected chi connectivity index (χ1v) is 5.81. The zero-order chi connectivity index (χ0) is 10.3. The second kappa shape index (κ2) is 3.53. The molecule has 1 unspecified atom stereocenters. The molecule has 0 spiro atoms. The van der Waals surface area contributed by atoms with Crippen LogP contribution in [0.5, 0.6) is 5.75 Å². The highest BCUT2D eigenvalue weighted by atomic mass is 16.5. The van der Waals surface area contributed by atoms with Crippen LogP contribution in [0.25, 0.3) is 0 Å². The first-order chi connectivity index (χ1) is 7.34. The lowest BCUT2D eigenvalue weighted by Gasteiger charge is -2.27. The predicted molar refractivity (Wildman–Crippen MR) is 58.0 cm³/mol. The van der Waals surface area contributed by atoms with E-state index in [9.17, 15) is 5.11 Å². The Labute approximate surface area is 89.9 Å². The number of aryl methyl sites for hydroxylation is 1. The Morgan fingerprint density at radius 3 is 2.80 bits per heavy atom. The van der Waals surface area contributed by atoms with Crippen molar-refractivity contribution in [2.24, 2.45) is 0 Å². The third-order valence-electron chi connectivity index (χ3n) is 3.52. The van der Waals surface area contributed by atoms with Gasteiger partial charge >= 0.3 is 0 Å². The Morgan fingerprint density at radius 1 is 1.20 bits per heavy atom. The van der Waals surface area contributed by atoms with Gasteiger partial charge in [-0.1, -0.05) is 12.1 Å². The minimum atomic E-state index is -0.309. The van der Waals surface area contributed by atoms with Gasteiger partial charge in [-0.3, -0.25) is 0 Å². The number of hydrogen-bond donors (Lipinski definition) is 1. The molecule has 0 saturated heterocycles. The Balaban J connectivity index is 1.90. The van der Waals surface area contributed by atoms with Crippen molar-refractivity contribution in [3.63, 3.8) is 0 Å². The van der Waals surface area contributed by atoms with Gasteiger partial charge in [-0.05, 0) is 43.7 Å². The summed E-state index contributed by atoms with van der Waals surface area (Å²) < 4.78 is 5.90. The van der Waals surface area contributed by atoms with E-state index in [-0.39, 0.29) is 6.10 Å². The van der Waals surface area contributed by atoms with E-state index in [0.717, 1.165) is 24.2 Å². The lowest BCUT2D eigenvalue weighted by atomic mass is 9.96. The van der Waals surface area contributed by atoms with E-state index in [1.165, 1.54) is 24.8 Å². The molecule has 2 nitrogen and oxygen atoms in total. The van der Waals surface area contributed by atoms with Gasteiger partial charge in [0.05, 0.1) is 12.2 Å². The summed E-state index contributed by atoms with van der Waals surface area (Å²) in [5.41, 5.74) is 2.31. The van der Waals surface area contributed by atoms with E-state index in [0.29, 0.717) is 6.10 Å². The highest BCUT2D eigenvalue weighted by Crippen LogP contribution is 2.39. The van der Waals surface area contributed by atoms with E-state index >= 15 is 0 Å². The molecule has 2 heteroatoms. The number of hydrogen-bond acceptors (Lipinski definition) is 2. The van der Waals surface area contributed by atoms with E-state index in [2.05, 4.69) is 6.07 Å². The zero-order valence-electron chi connectivity index (χ0n) is 8.78. The maximum absolute atomic E-state index is 9.89. The van der Waals surface area contributed by atoms with Crippen LogP contribution in [0.15, 0.2) is 18.2 Å². The van der Waals surface area contributed by atoms with Crippen LogP contribution in [-0.4, -0.2) is 11.2 Å². The normalized spacial score (nSPS) is 24.7. The highest BCUT2D eigenvalue weighted by molar-refractivity contribution is 5.44. The minimum absolute atomic E-state index is 0.309. The molecule has 1 aromatic carbocycles. The molecule has 1 saturated carbocycles. The lowest BCUT2D eigenvalue weighted by molar-refractivity contribution is 0.111. The van der Waals surface area contributed by atoms with E-state index < -0.39 is 0 Å². The number of benzene rings is 1. The van der Waals surface area contributed by atoms with Crippen LogP contribution in [0.4, 0.5) is 0 Å². The summed E-state index contributed by atoms with van der Waals surface area (Å²) in [5, 5.41) is 9.89. The topological polar surface area (TPSA) is 29.5 Å². The summed E-state index contributed by atoms with van der Waals surface area (Å²) in [4.78, 5) is 0. The number of aliphatic hydroxyl groups is 1. The summed E-state index contributed by atoms with van der Waals surface area (Å²) in [7, 11) is 0. The van der Waals surface area contributed by atoms with Crippen LogP contribution in [0.2, 0.25) is 0 Å². The van der Waals surface area contributed by atoms with Crippen molar-refractivity contribution in [1.29, 1.82) is 0 Å². The SMILES string of the molecule is OC1CCc2cccc(OC3CCC3)c21. The van der Waals surface area contributed by atoms with E-state index in [1.54, 1.807) is 0 Å². The largest absolute Gasteiger partial charge is 0.490 e. The molecular formula is C13H16O2. The molecule has 2 aliphatic rings. The van der Waals surface area contributed by atoms with Crippen molar-refractivity contribution < 1.29 is 9.84 Å². The second-order valence-electron chi connectivity index (χ2n) is 4.55. The zero-order valence-corrected chi connectivity index (χ0v) is 8.78. The first kappa shape index (κ1) is 9.22. The second-order valence-corrected chi connectivity index (χ2v) is 4.55.